The Hall–Kier alpha value is -2.75. The van der Waals surface area contributed by atoms with Crippen molar-refractivity contribution in [1.29, 1.82) is 0 Å². The van der Waals surface area contributed by atoms with Crippen LogP contribution in [0.15, 0.2) is 66.7 Å². The van der Waals surface area contributed by atoms with Gasteiger partial charge in [-0.05, 0) is 98.3 Å². The molecule has 2 saturated heterocycles. The summed E-state index contributed by atoms with van der Waals surface area (Å²) in [6.07, 6.45) is -6.74. The van der Waals surface area contributed by atoms with E-state index < -0.39 is 28.9 Å². The number of hydrogen-bond acceptors (Lipinski definition) is 2. The normalized spacial score (nSPS) is 20.7. The third-order valence-corrected chi connectivity index (χ3v) is 9.72. The third-order valence-electron chi connectivity index (χ3n) is 8.98. The molecule has 5 rings (SSSR count). The Bertz CT molecular complexity index is 1440. The van der Waals surface area contributed by atoms with E-state index in [0.717, 1.165) is 31.5 Å². The maximum Gasteiger partial charge on any atom is 0.416 e. The molecule has 0 saturated carbocycles. The van der Waals surface area contributed by atoms with Crippen LogP contribution in [0.4, 0.5) is 26.3 Å². The van der Waals surface area contributed by atoms with E-state index in [4.69, 9.17) is 23.2 Å². The third kappa shape index (κ3) is 7.54. The second-order valence-electron chi connectivity index (χ2n) is 11.8. The minimum atomic E-state index is -4.97. The van der Waals surface area contributed by atoms with Crippen molar-refractivity contribution in [2.75, 3.05) is 26.2 Å². The first kappa shape index (κ1) is 32.6. The molecule has 2 heterocycles. The molecule has 44 heavy (non-hydrogen) atoms. The number of alkyl halides is 6. The molecule has 236 valence electrons. The van der Waals surface area contributed by atoms with E-state index in [1.54, 1.807) is 12.1 Å². The van der Waals surface area contributed by atoms with Gasteiger partial charge in [0.1, 0.15) is 0 Å². The largest absolute Gasteiger partial charge is 0.416 e. The molecule has 2 aliphatic heterocycles. The fourth-order valence-electron chi connectivity index (χ4n) is 6.51. The number of halogens is 8. The first-order chi connectivity index (χ1) is 20.7. The van der Waals surface area contributed by atoms with Gasteiger partial charge in [-0.1, -0.05) is 59.6 Å². The topological polar surface area (TPSA) is 23.6 Å². The van der Waals surface area contributed by atoms with Crippen LogP contribution in [0.3, 0.4) is 0 Å². The SMILES string of the molecule is O=C1CCC(CCN2CCC(c3ccccc3)CC2)(c2ccc(Cl)c(Cl)c2)CN1Cc1cc(C(F)(F)F)cc(C(F)(F)F)c1. The number of carbonyl (C=O) groups excluding carboxylic acids is 1. The molecular formula is C33H32Cl2F6N2O. The molecule has 2 aliphatic rings. The summed E-state index contributed by atoms with van der Waals surface area (Å²) in [6.45, 7) is 2.25. The van der Waals surface area contributed by atoms with E-state index in [9.17, 15) is 31.1 Å². The molecule has 0 bridgehead atoms. The number of nitrogens with zero attached hydrogens (tertiary/aromatic N) is 2. The van der Waals surface area contributed by atoms with Crippen LogP contribution in [0.5, 0.6) is 0 Å². The predicted molar refractivity (Wildman–Crippen MR) is 159 cm³/mol. The van der Waals surface area contributed by atoms with Crippen LogP contribution >= 0.6 is 23.2 Å². The van der Waals surface area contributed by atoms with Crippen LogP contribution in [0, 0.1) is 0 Å². The van der Waals surface area contributed by atoms with E-state index in [-0.39, 0.29) is 37.0 Å². The Morgan fingerprint density at radius 3 is 2.05 bits per heavy atom. The number of piperidine rings is 2. The number of carbonyl (C=O) groups is 1. The van der Waals surface area contributed by atoms with Gasteiger partial charge in [0.2, 0.25) is 5.91 Å². The van der Waals surface area contributed by atoms with Gasteiger partial charge < -0.3 is 9.80 Å². The van der Waals surface area contributed by atoms with E-state index in [0.29, 0.717) is 47.5 Å². The van der Waals surface area contributed by atoms with Gasteiger partial charge in [0, 0.05) is 24.9 Å². The number of amides is 1. The van der Waals surface area contributed by atoms with Gasteiger partial charge >= 0.3 is 12.4 Å². The average Bonchev–Trinajstić information content (AvgIpc) is 2.99. The summed E-state index contributed by atoms with van der Waals surface area (Å²) in [4.78, 5) is 16.9. The van der Waals surface area contributed by atoms with Gasteiger partial charge in [-0.3, -0.25) is 4.79 Å². The first-order valence-corrected chi connectivity index (χ1v) is 15.3. The van der Waals surface area contributed by atoms with Crippen molar-refractivity contribution in [2.24, 2.45) is 0 Å². The van der Waals surface area contributed by atoms with E-state index >= 15 is 0 Å². The highest BCUT2D eigenvalue weighted by Gasteiger charge is 2.42. The van der Waals surface area contributed by atoms with Crippen molar-refractivity contribution in [3.8, 4) is 0 Å². The maximum atomic E-state index is 13.5. The average molecular weight is 658 g/mol. The van der Waals surface area contributed by atoms with Crippen molar-refractivity contribution in [2.45, 2.75) is 62.3 Å². The van der Waals surface area contributed by atoms with Crippen LogP contribution in [-0.2, 0) is 29.1 Å². The molecule has 0 spiro atoms. The van der Waals surface area contributed by atoms with Gasteiger partial charge in [-0.25, -0.2) is 0 Å². The Morgan fingerprint density at radius 1 is 0.818 bits per heavy atom. The zero-order valence-corrected chi connectivity index (χ0v) is 25.3. The molecule has 0 aromatic heterocycles. The summed E-state index contributed by atoms with van der Waals surface area (Å²) >= 11 is 12.6. The quantitative estimate of drug-likeness (QED) is 0.237. The van der Waals surface area contributed by atoms with Crippen LogP contribution in [-0.4, -0.2) is 41.9 Å². The number of rotatable bonds is 7. The lowest BCUT2D eigenvalue weighted by Gasteiger charge is -2.45. The highest BCUT2D eigenvalue weighted by molar-refractivity contribution is 6.42. The van der Waals surface area contributed by atoms with Gasteiger partial charge in [-0.15, -0.1) is 0 Å². The highest BCUT2D eigenvalue weighted by Crippen LogP contribution is 2.42. The molecular weight excluding hydrogens is 625 g/mol. The summed E-state index contributed by atoms with van der Waals surface area (Å²) in [5.41, 5.74) is -1.49. The van der Waals surface area contributed by atoms with Gasteiger partial charge in [0.05, 0.1) is 21.2 Å². The fourth-order valence-corrected chi connectivity index (χ4v) is 6.81. The number of hydrogen-bond donors (Lipinski definition) is 0. The summed E-state index contributed by atoms with van der Waals surface area (Å²) < 4.78 is 81.2. The standard InChI is InChI=1S/C33H32Cl2F6N2O/c34-28-7-6-25(19-29(28)35)31(12-15-42-13-9-24(10-14-42)23-4-2-1-3-5-23)11-8-30(44)43(21-31)20-22-16-26(32(36,37)38)18-27(17-22)33(39,40)41/h1-7,16-19,24H,8-15,20-21H2. The van der Waals surface area contributed by atoms with Gasteiger partial charge in [-0.2, -0.15) is 26.3 Å². The van der Waals surface area contributed by atoms with E-state index in [1.165, 1.54) is 10.5 Å². The molecule has 1 atom stereocenters. The zero-order valence-electron chi connectivity index (χ0n) is 23.8. The Labute approximate surface area is 262 Å². The number of likely N-dealkylation sites (tertiary alicyclic amines) is 2. The Balaban J connectivity index is 1.39. The van der Waals surface area contributed by atoms with E-state index in [1.807, 2.05) is 24.3 Å². The van der Waals surface area contributed by atoms with Crippen molar-refractivity contribution >= 4 is 29.1 Å². The monoisotopic (exact) mass is 656 g/mol. The lowest BCUT2D eigenvalue weighted by Crippen LogP contribution is -2.50. The molecule has 1 amide bonds. The lowest BCUT2D eigenvalue weighted by atomic mass is 9.71. The van der Waals surface area contributed by atoms with Crippen LogP contribution < -0.4 is 0 Å². The summed E-state index contributed by atoms with van der Waals surface area (Å²) in [7, 11) is 0. The van der Waals surface area contributed by atoms with Crippen LogP contribution in [0.25, 0.3) is 0 Å². The van der Waals surface area contributed by atoms with Crippen molar-refractivity contribution in [3.63, 3.8) is 0 Å². The molecule has 11 heteroatoms. The maximum absolute atomic E-state index is 13.5. The molecule has 1 unspecified atom stereocenters. The second kappa shape index (κ2) is 12.9. The smallest absolute Gasteiger partial charge is 0.337 e. The molecule has 3 aromatic rings. The molecule has 0 radical (unpaired) electrons. The van der Waals surface area contributed by atoms with Gasteiger partial charge in [0.25, 0.3) is 0 Å². The molecule has 0 N–H and O–H groups in total. The minimum absolute atomic E-state index is 0.0986. The lowest BCUT2D eigenvalue weighted by molar-refractivity contribution is -0.143. The molecule has 3 nitrogen and oxygen atoms in total. The molecule has 0 aliphatic carbocycles. The Morgan fingerprint density at radius 2 is 1.45 bits per heavy atom. The zero-order chi connectivity index (χ0) is 31.7. The minimum Gasteiger partial charge on any atom is -0.337 e. The highest BCUT2D eigenvalue weighted by atomic mass is 35.5. The van der Waals surface area contributed by atoms with Gasteiger partial charge in [0.15, 0.2) is 0 Å². The number of benzene rings is 3. The second-order valence-corrected chi connectivity index (χ2v) is 12.7. The fraction of sp³-hybridized carbons (Fsp3) is 0.424. The van der Waals surface area contributed by atoms with Crippen molar-refractivity contribution in [1.82, 2.24) is 9.80 Å². The van der Waals surface area contributed by atoms with Crippen LogP contribution in [0.2, 0.25) is 10.0 Å². The van der Waals surface area contributed by atoms with E-state index in [2.05, 4.69) is 17.0 Å². The first-order valence-electron chi connectivity index (χ1n) is 14.5. The molecule has 2 fully saturated rings. The Kier molecular flexibility index (Phi) is 9.59. The van der Waals surface area contributed by atoms with Crippen molar-refractivity contribution in [3.05, 3.63) is 105 Å². The summed E-state index contributed by atoms with van der Waals surface area (Å²) in [5.74, 6) is 0.156. The summed E-state index contributed by atoms with van der Waals surface area (Å²) in [6, 6.07) is 17.1. The summed E-state index contributed by atoms with van der Waals surface area (Å²) in [5, 5.41) is 0.698. The van der Waals surface area contributed by atoms with Crippen molar-refractivity contribution < 1.29 is 31.1 Å². The predicted octanol–water partition coefficient (Wildman–Crippen LogP) is 9.36. The van der Waals surface area contributed by atoms with Crippen LogP contribution in [0.1, 0.15) is 65.8 Å². The molecule has 3 aromatic carbocycles.